The molecule has 1 aromatic rings. The summed E-state index contributed by atoms with van der Waals surface area (Å²) < 4.78 is 4.93. The van der Waals surface area contributed by atoms with Gasteiger partial charge in [-0.3, -0.25) is 0 Å². The molecule has 0 unspecified atom stereocenters. The Morgan fingerprint density at radius 1 is 1.53 bits per heavy atom. The highest BCUT2D eigenvalue weighted by molar-refractivity contribution is 6.30. The number of methoxy groups -OCH3 is 1. The molecular weight excluding hydrogens is 240 g/mol. The maximum atomic E-state index is 11.6. The van der Waals surface area contributed by atoms with Gasteiger partial charge in [0.2, 0.25) is 0 Å². The Morgan fingerprint density at radius 3 is 2.82 bits per heavy atom. The number of hydrogen-bond donors (Lipinski definition) is 2. The van der Waals surface area contributed by atoms with E-state index >= 15 is 0 Å². The van der Waals surface area contributed by atoms with E-state index < -0.39 is 0 Å². The Hall–Kier alpha value is -1.26. The zero-order valence-corrected chi connectivity index (χ0v) is 11.0. The third-order valence-corrected chi connectivity index (χ3v) is 2.47. The molecule has 1 rings (SSSR count). The van der Waals surface area contributed by atoms with E-state index in [1.807, 2.05) is 13.8 Å². The molecule has 0 heterocycles. The summed E-state index contributed by atoms with van der Waals surface area (Å²) >= 11 is 5.83. The van der Waals surface area contributed by atoms with Crippen molar-refractivity contribution in [2.24, 2.45) is 0 Å². The second-order valence-corrected chi connectivity index (χ2v) is 4.35. The van der Waals surface area contributed by atoms with E-state index in [4.69, 9.17) is 16.3 Å². The predicted octanol–water partition coefficient (Wildman–Crippen LogP) is 2.80. The number of nitrogens with one attached hydrogen (secondary N) is 2. The first-order valence-electron chi connectivity index (χ1n) is 5.35. The number of anilines is 1. The van der Waals surface area contributed by atoms with Crippen LogP contribution in [-0.4, -0.2) is 25.8 Å². The highest BCUT2D eigenvalue weighted by atomic mass is 35.5. The number of carbonyl (C=O) groups is 1. The van der Waals surface area contributed by atoms with Crippen molar-refractivity contribution in [1.82, 2.24) is 5.32 Å². The van der Waals surface area contributed by atoms with Gasteiger partial charge in [0.05, 0.1) is 12.6 Å². The van der Waals surface area contributed by atoms with Gasteiger partial charge in [0.15, 0.2) is 0 Å². The lowest BCUT2D eigenvalue weighted by Crippen LogP contribution is -2.38. The minimum absolute atomic E-state index is 0.0346. The highest BCUT2D eigenvalue weighted by Gasteiger charge is 2.08. The van der Waals surface area contributed by atoms with Crippen LogP contribution in [0.1, 0.15) is 12.5 Å². The first kappa shape index (κ1) is 13.8. The fourth-order valence-electron chi connectivity index (χ4n) is 1.44. The van der Waals surface area contributed by atoms with Gasteiger partial charge < -0.3 is 15.4 Å². The van der Waals surface area contributed by atoms with Gasteiger partial charge in [-0.05, 0) is 37.6 Å². The molecule has 5 heteroatoms. The Morgan fingerprint density at radius 2 is 2.24 bits per heavy atom. The normalized spacial score (nSPS) is 12.0. The monoisotopic (exact) mass is 256 g/mol. The number of amides is 2. The summed E-state index contributed by atoms with van der Waals surface area (Å²) in [4.78, 5) is 11.6. The molecule has 0 saturated carbocycles. The third-order valence-electron chi connectivity index (χ3n) is 2.23. The van der Waals surface area contributed by atoms with Gasteiger partial charge in [-0.1, -0.05) is 11.6 Å². The smallest absolute Gasteiger partial charge is 0.319 e. The Balaban J connectivity index is 2.56. The van der Waals surface area contributed by atoms with Crippen molar-refractivity contribution in [1.29, 1.82) is 0 Å². The van der Waals surface area contributed by atoms with E-state index in [1.54, 1.807) is 25.3 Å². The lowest BCUT2D eigenvalue weighted by molar-refractivity contribution is 0.173. The Kier molecular flexibility index (Phi) is 5.25. The predicted molar refractivity (Wildman–Crippen MR) is 69.7 cm³/mol. The molecular formula is C12H17ClN2O2. The summed E-state index contributed by atoms with van der Waals surface area (Å²) in [7, 11) is 1.60. The SMILES string of the molecule is COC[C@@H](C)NC(=O)Nc1ccc(Cl)cc1C. The van der Waals surface area contributed by atoms with Crippen LogP contribution in [0.4, 0.5) is 10.5 Å². The fourth-order valence-corrected chi connectivity index (χ4v) is 1.67. The summed E-state index contributed by atoms with van der Waals surface area (Å²) in [5, 5.41) is 6.18. The lowest BCUT2D eigenvalue weighted by atomic mass is 10.2. The van der Waals surface area contributed by atoms with Crippen LogP contribution in [-0.2, 0) is 4.74 Å². The molecule has 1 atom stereocenters. The second-order valence-electron chi connectivity index (χ2n) is 3.91. The topological polar surface area (TPSA) is 50.4 Å². The van der Waals surface area contributed by atoms with Crippen LogP contribution in [0.3, 0.4) is 0 Å². The molecule has 4 nitrogen and oxygen atoms in total. The molecule has 1 aromatic carbocycles. The molecule has 0 aliphatic rings. The van der Waals surface area contributed by atoms with Gasteiger partial charge >= 0.3 is 6.03 Å². The van der Waals surface area contributed by atoms with Crippen molar-refractivity contribution < 1.29 is 9.53 Å². The number of benzene rings is 1. The number of hydrogen-bond acceptors (Lipinski definition) is 2. The number of halogens is 1. The van der Waals surface area contributed by atoms with Crippen molar-refractivity contribution in [3.8, 4) is 0 Å². The van der Waals surface area contributed by atoms with Crippen LogP contribution in [0.25, 0.3) is 0 Å². The number of aryl methyl sites for hydroxylation is 1. The average Bonchev–Trinajstić information content (AvgIpc) is 2.22. The van der Waals surface area contributed by atoms with E-state index in [0.29, 0.717) is 11.6 Å². The van der Waals surface area contributed by atoms with Gasteiger partial charge in [-0.25, -0.2) is 4.79 Å². The van der Waals surface area contributed by atoms with Crippen molar-refractivity contribution in [2.45, 2.75) is 19.9 Å². The van der Waals surface area contributed by atoms with Crippen LogP contribution >= 0.6 is 11.6 Å². The Labute approximate surface area is 106 Å². The molecule has 0 aromatic heterocycles. The summed E-state index contributed by atoms with van der Waals surface area (Å²) in [6.07, 6.45) is 0. The van der Waals surface area contributed by atoms with Gasteiger partial charge in [-0.2, -0.15) is 0 Å². The van der Waals surface area contributed by atoms with E-state index in [2.05, 4.69) is 10.6 Å². The van der Waals surface area contributed by atoms with Crippen LogP contribution in [0.15, 0.2) is 18.2 Å². The third kappa shape index (κ3) is 4.63. The van der Waals surface area contributed by atoms with Crippen molar-refractivity contribution in [3.05, 3.63) is 28.8 Å². The molecule has 0 bridgehead atoms. The van der Waals surface area contributed by atoms with Gasteiger partial charge in [-0.15, -0.1) is 0 Å². The quantitative estimate of drug-likeness (QED) is 0.870. The maximum absolute atomic E-state index is 11.6. The van der Waals surface area contributed by atoms with Crippen molar-refractivity contribution >= 4 is 23.3 Å². The molecule has 0 saturated heterocycles. The second kappa shape index (κ2) is 6.47. The van der Waals surface area contributed by atoms with Gasteiger partial charge in [0.1, 0.15) is 0 Å². The summed E-state index contributed by atoms with van der Waals surface area (Å²) in [5.41, 5.74) is 1.67. The van der Waals surface area contributed by atoms with Gasteiger partial charge in [0.25, 0.3) is 0 Å². The minimum Gasteiger partial charge on any atom is -0.383 e. The first-order chi connectivity index (χ1) is 8.02. The zero-order valence-electron chi connectivity index (χ0n) is 10.2. The molecule has 0 aliphatic carbocycles. The van der Waals surface area contributed by atoms with E-state index in [-0.39, 0.29) is 12.1 Å². The lowest BCUT2D eigenvalue weighted by Gasteiger charge is -2.14. The minimum atomic E-state index is -0.250. The molecule has 0 spiro atoms. The van der Waals surface area contributed by atoms with Crippen LogP contribution < -0.4 is 10.6 Å². The van der Waals surface area contributed by atoms with Crippen LogP contribution in [0.5, 0.6) is 0 Å². The standard InChI is InChI=1S/C12H17ClN2O2/c1-8-6-10(13)4-5-11(8)15-12(16)14-9(2)7-17-3/h4-6,9H,7H2,1-3H3,(H2,14,15,16)/t9-/m1/s1. The summed E-state index contributed by atoms with van der Waals surface area (Å²) in [6, 6.07) is 5.03. The van der Waals surface area contributed by atoms with Crippen LogP contribution in [0, 0.1) is 6.92 Å². The molecule has 2 amide bonds. The summed E-state index contributed by atoms with van der Waals surface area (Å²) in [6.45, 7) is 4.24. The van der Waals surface area contributed by atoms with Crippen molar-refractivity contribution in [2.75, 3.05) is 19.0 Å². The fraction of sp³-hybridized carbons (Fsp3) is 0.417. The number of urea groups is 1. The van der Waals surface area contributed by atoms with E-state index in [9.17, 15) is 4.79 Å². The first-order valence-corrected chi connectivity index (χ1v) is 5.73. The molecule has 17 heavy (non-hydrogen) atoms. The van der Waals surface area contributed by atoms with E-state index in [0.717, 1.165) is 11.3 Å². The largest absolute Gasteiger partial charge is 0.383 e. The Bertz CT molecular complexity index is 396. The van der Waals surface area contributed by atoms with Gasteiger partial charge in [0, 0.05) is 17.8 Å². The highest BCUT2D eigenvalue weighted by Crippen LogP contribution is 2.19. The number of ether oxygens (including phenoxy) is 1. The maximum Gasteiger partial charge on any atom is 0.319 e. The zero-order chi connectivity index (χ0) is 12.8. The molecule has 94 valence electrons. The van der Waals surface area contributed by atoms with Crippen LogP contribution in [0.2, 0.25) is 5.02 Å². The van der Waals surface area contributed by atoms with Crippen molar-refractivity contribution in [3.63, 3.8) is 0 Å². The molecule has 0 radical (unpaired) electrons. The molecule has 2 N–H and O–H groups in total. The number of carbonyl (C=O) groups excluding carboxylic acids is 1. The van der Waals surface area contributed by atoms with E-state index in [1.165, 1.54) is 0 Å². The average molecular weight is 257 g/mol. The number of rotatable bonds is 4. The molecule has 0 aliphatic heterocycles. The summed E-state index contributed by atoms with van der Waals surface area (Å²) in [5.74, 6) is 0. The molecule has 0 fully saturated rings.